The van der Waals surface area contributed by atoms with Crippen molar-refractivity contribution in [2.45, 2.75) is 6.18 Å². The maximum atomic E-state index is 13.1. The van der Waals surface area contributed by atoms with E-state index in [1.807, 2.05) is 5.32 Å². The number of hydrogen-bond acceptors (Lipinski definition) is 3. The number of esters is 1. The topological polar surface area (TPSA) is 55.4 Å². The van der Waals surface area contributed by atoms with E-state index in [-0.39, 0.29) is 10.6 Å². The molecule has 0 fully saturated rings. The molecule has 0 spiro atoms. The van der Waals surface area contributed by atoms with Crippen LogP contribution in [0.5, 0.6) is 0 Å². The molecule has 0 saturated heterocycles. The fourth-order valence-electron chi connectivity index (χ4n) is 1.89. The first-order valence-corrected chi connectivity index (χ1v) is 7.14. The summed E-state index contributed by atoms with van der Waals surface area (Å²) in [6, 6.07) is 7.32. The van der Waals surface area contributed by atoms with Crippen LogP contribution in [0.1, 0.15) is 15.9 Å². The maximum absolute atomic E-state index is 13.1. The molecule has 9 heteroatoms. The third kappa shape index (κ3) is 4.93. The summed E-state index contributed by atoms with van der Waals surface area (Å²) in [5.41, 5.74) is -1.81. The first-order valence-electron chi connectivity index (χ1n) is 6.76. The Morgan fingerprint density at radius 1 is 1.12 bits per heavy atom. The highest BCUT2D eigenvalue weighted by molar-refractivity contribution is 6.33. The number of hydrogen-bond donors (Lipinski definition) is 1. The van der Waals surface area contributed by atoms with Crippen molar-refractivity contribution in [1.82, 2.24) is 0 Å². The van der Waals surface area contributed by atoms with Crippen molar-refractivity contribution in [3.63, 3.8) is 0 Å². The number of carbonyl (C=O) groups is 2. The molecule has 1 N–H and O–H groups in total. The summed E-state index contributed by atoms with van der Waals surface area (Å²) < 4.78 is 56.2. The molecule has 0 aliphatic heterocycles. The van der Waals surface area contributed by atoms with Gasteiger partial charge in [0.1, 0.15) is 5.82 Å². The summed E-state index contributed by atoms with van der Waals surface area (Å²) in [5, 5.41) is 1.92. The molecular weight excluding hydrogens is 366 g/mol. The lowest BCUT2D eigenvalue weighted by atomic mass is 10.1. The number of alkyl halides is 3. The van der Waals surface area contributed by atoms with E-state index in [4.69, 9.17) is 11.6 Å². The Bertz CT molecular complexity index is 808. The molecule has 4 nitrogen and oxygen atoms in total. The summed E-state index contributed by atoms with van der Waals surface area (Å²) in [5.74, 6) is -2.80. The van der Waals surface area contributed by atoms with E-state index in [1.165, 1.54) is 12.1 Å². The van der Waals surface area contributed by atoms with Crippen LogP contribution in [0.25, 0.3) is 0 Å². The van der Waals surface area contributed by atoms with Crippen molar-refractivity contribution in [1.29, 1.82) is 0 Å². The quantitative estimate of drug-likeness (QED) is 0.640. The van der Waals surface area contributed by atoms with E-state index in [9.17, 15) is 27.2 Å². The number of nitrogens with one attached hydrogen (secondary N) is 1. The summed E-state index contributed by atoms with van der Waals surface area (Å²) in [6.07, 6.45) is -4.66. The van der Waals surface area contributed by atoms with Crippen molar-refractivity contribution in [2.75, 3.05) is 11.9 Å². The Labute approximate surface area is 144 Å². The molecule has 0 bridgehead atoms. The molecule has 0 aromatic heterocycles. The number of rotatable bonds is 4. The fraction of sp³-hybridized carbons (Fsp3) is 0.125. The molecule has 1 amide bonds. The van der Waals surface area contributed by atoms with Gasteiger partial charge in [-0.1, -0.05) is 23.7 Å². The lowest BCUT2D eigenvalue weighted by molar-refractivity contribution is -0.137. The molecule has 132 valence electrons. The van der Waals surface area contributed by atoms with Crippen LogP contribution in [0.3, 0.4) is 0 Å². The summed E-state index contributed by atoms with van der Waals surface area (Å²) in [7, 11) is 0. The normalized spacial score (nSPS) is 11.1. The average Bonchev–Trinajstić information content (AvgIpc) is 2.54. The van der Waals surface area contributed by atoms with Crippen LogP contribution in [-0.2, 0) is 15.7 Å². The van der Waals surface area contributed by atoms with Gasteiger partial charge in [-0.15, -0.1) is 0 Å². The molecule has 25 heavy (non-hydrogen) atoms. The van der Waals surface area contributed by atoms with Crippen molar-refractivity contribution in [3.05, 3.63) is 64.4 Å². The smallest absolute Gasteiger partial charge is 0.418 e. The van der Waals surface area contributed by atoms with Crippen LogP contribution < -0.4 is 5.32 Å². The van der Waals surface area contributed by atoms with Gasteiger partial charge in [0.2, 0.25) is 0 Å². The van der Waals surface area contributed by atoms with Gasteiger partial charge in [-0.25, -0.2) is 9.18 Å². The highest BCUT2D eigenvalue weighted by Crippen LogP contribution is 2.34. The van der Waals surface area contributed by atoms with Crippen LogP contribution in [0.4, 0.5) is 23.2 Å². The summed E-state index contributed by atoms with van der Waals surface area (Å²) in [6.45, 7) is -0.863. The maximum Gasteiger partial charge on any atom is 0.418 e. The molecule has 0 radical (unpaired) electrons. The van der Waals surface area contributed by atoms with Crippen molar-refractivity contribution in [2.24, 2.45) is 0 Å². The molecule has 0 aliphatic rings. The predicted octanol–water partition coefficient (Wildman–Crippen LogP) is 4.29. The van der Waals surface area contributed by atoms with Gasteiger partial charge < -0.3 is 10.1 Å². The Balaban J connectivity index is 2.02. The summed E-state index contributed by atoms with van der Waals surface area (Å²) >= 11 is 5.71. The number of carbonyl (C=O) groups excluding carboxylic acids is 2. The molecule has 2 aromatic rings. The zero-order chi connectivity index (χ0) is 18.6. The van der Waals surface area contributed by atoms with Crippen molar-refractivity contribution >= 4 is 29.2 Å². The lowest BCUT2D eigenvalue weighted by Crippen LogP contribution is -2.22. The van der Waals surface area contributed by atoms with Gasteiger partial charge in [0.15, 0.2) is 6.61 Å². The van der Waals surface area contributed by atoms with E-state index in [0.29, 0.717) is 0 Å². The minimum absolute atomic E-state index is 0.0887. The third-order valence-electron chi connectivity index (χ3n) is 2.99. The molecule has 0 unspecified atom stereocenters. The van der Waals surface area contributed by atoms with Crippen LogP contribution in [0, 0.1) is 5.82 Å². The minimum atomic E-state index is -4.66. The molecule has 2 rings (SSSR count). The molecular formula is C16H10ClF4NO3. The van der Waals surface area contributed by atoms with E-state index >= 15 is 0 Å². The number of halogens is 5. The number of amides is 1. The van der Waals surface area contributed by atoms with Gasteiger partial charge in [-0.2, -0.15) is 13.2 Å². The highest BCUT2D eigenvalue weighted by atomic mass is 35.5. The molecule has 0 aliphatic carbocycles. The number of anilines is 1. The van der Waals surface area contributed by atoms with Crippen LogP contribution in [0.15, 0.2) is 42.5 Å². The Morgan fingerprint density at radius 2 is 1.80 bits per heavy atom. The van der Waals surface area contributed by atoms with E-state index in [2.05, 4.69) is 4.74 Å². The van der Waals surface area contributed by atoms with E-state index in [1.54, 1.807) is 0 Å². The van der Waals surface area contributed by atoms with Crippen molar-refractivity contribution in [3.8, 4) is 0 Å². The van der Waals surface area contributed by atoms with E-state index < -0.39 is 41.7 Å². The van der Waals surface area contributed by atoms with Gasteiger partial charge in [-0.05, 0) is 30.3 Å². The fourth-order valence-corrected chi connectivity index (χ4v) is 2.08. The van der Waals surface area contributed by atoms with Crippen LogP contribution in [-0.4, -0.2) is 18.5 Å². The Morgan fingerprint density at radius 3 is 2.48 bits per heavy atom. The second kappa shape index (κ2) is 7.52. The van der Waals surface area contributed by atoms with Gasteiger partial charge in [0, 0.05) is 0 Å². The molecule has 0 heterocycles. The number of benzene rings is 2. The molecule has 0 saturated carbocycles. The number of ether oxygens (including phenoxy) is 1. The predicted molar refractivity (Wildman–Crippen MR) is 81.8 cm³/mol. The third-order valence-corrected chi connectivity index (χ3v) is 3.32. The second-order valence-corrected chi connectivity index (χ2v) is 5.20. The monoisotopic (exact) mass is 375 g/mol. The summed E-state index contributed by atoms with van der Waals surface area (Å²) in [4.78, 5) is 23.5. The number of para-hydroxylation sites is 1. The van der Waals surface area contributed by atoms with Crippen molar-refractivity contribution < 1.29 is 31.9 Å². The van der Waals surface area contributed by atoms with Crippen LogP contribution >= 0.6 is 11.6 Å². The standard InChI is InChI=1S/C16H10ClF4NO3/c17-12-6-5-9(18)7-10(12)15(24)25-8-14(23)22-13-4-2-1-3-11(13)16(19,20)21/h1-7H,8H2,(H,22,23). The minimum Gasteiger partial charge on any atom is -0.452 e. The molecule has 2 aromatic carbocycles. The zero-order valence-electron chi connectivity index (χ0n) is 12.4. The first-order chi connectivity index (χ1) is 11.7. The SMILES string of the molecule is O=C(COC(=O)c1cc(F)ccc1Cl)Nc1ccccc1C(F)(F)F. The van der Waals surface area contributed by atoms with Crippen LogP contribution in [0.2, 0.25) is 5.02 Å². The van der Waals surface area contributed by atoms with Gasteiger partial charge in [-0.3, -0.25) is 4.79 Å². The molecule has 0 atom stereocenters. The second-order valence-electron chi connectivity index (χ2n) is 4.79. The largest absolute Gasteiger partial charge is 0.452 e. The van der Waals surface area contributed by atoms with Gasteiger partial charge in [0.25, 0.3) is 5.91 Å². The first kappa shape index (κ1) is 18.7. The van der Waals surface area contributed by atoms with Gasteiger partial charge in [0.05, 0.1) is 21.8 Å². The average molecular weight is 376 g/mol. The highest BCUT2D eigenvalue weighted by Gasteiger charge is 2.33. The van der Waals surface area contributed by atoms with Gasteiger partial charge >= 0.3 is 12.1 Å². The zero-order valence-corrected chi connectivity index (χ0v) is 13.1. The lowest BCUT2D eigenvalue weighted by Gasteiger charge is -2.13. The van der Waals surface area contributed by atoms with E-state index in [0.717, 1.165) is 30.3 Å². The Kier molecular flexibility index (Phi) is 5.63. The Hall–Kier alpha value is -2.61.